The largest absolute Gasteiger partial charge is 0.479 e. The Labute approximate surface area is 189 Å². The monoisotopic (exact) mass is 454 g/mol. The summed E-state index contributed by atoms with van der Waals surface area (Å²) in [6.07, 6.45) is 1.03. The van der Waals surface area contributed by atoms with Gasteiger partial charge in [0, 0.05) is 7.05 Å². The maximum Gasteiger partial charge on any atom is 0.347 e. The molecule has 166 valence electrons. The summed E-state index contributed by atoms with van der Waals surface area (Å²) in [6, 6.07) is 13.1. The van der Waals surface area contributed by atoms with E-state index in [0.717, 1.165) is 5.56 Å². The zero-order valence-electron chi connectivity index (χ0n) is 17.8. The standard InChI is InChI=1S/C23H22N2O6S/c1-4-30-22(29)14(2)31-18-11-5-15(6-12-18)13-19-20(26)25(3)23(32-19)24-17-9-7-16(8-10-17)21(27)28/h5-14H,4H2,1-3H3,(H,27,28)/b19-13+,24-23?/t14-/m0/s1. The molecule has 1 saturated heterocycles. The Morgan fingerprint density at radius 1 is 1.16 bits per heavy atom. The van der Waals surface area contributed by atoms with E-state index in [-0.39, 0.29) is 18.1 Å². The number of carboxylic acids is 1. The molecule has 32 heavy (non-hydrogen) atoms. The first-order valence-corrected chi connectivity index (χ1v) is 10.6. The summed E-state index contributed by atoms with van der Waals surface area (Å²) in [6.45, 7) is 3.64. The van der Waals surface area contributed by atoms with Crippen molar-refractivity contribution < 1.29 is 29.0 Å². The molecular weight excluding hydrogens is 432 g/mol. The maximum atomic E-state index is 12.6. The van der Waals surface area contributed by atoms with E-state index < -0.39 is 18.0 Å². The number of thioether (sulfide) groups is 1. The van der Waals surface area contributed by atoms with Gasteiger partial charge in [-0.25, -0.2) is 14.6 Å². The number of amides is 1. The number of carbonyl (C=O) groups is 3. The van der Waals surface area contributed by atoms with Crippen LogP contribution in [0.25, 0.3) is 6.08 Å². The highest BCUT2D eigenvalue weighted by molar-refractivity contribution is 8.18. The Morgan fingerprint density at radius 2 is 1.81 bits per heavy atom. The number of carboxylic acid groups (broad SMARTS) is 1. The molecule has 9 heteroatoms. The third-order valence-corrected chi connectivity index (χ3v) is 5.51. The van der Waals surface area contributed by atoms with E-state index in [1.165, 1.54) is 28.8 Å². The zero-order valence-corrected chi connectivity index (χ0v) is 18.6. The van der Waals surface area contributed by atoms with E-state index in [0.29, 0.717) is 21.5 Å². The quantitative estimate of drug-likeness (QED) is 0.499. The third-order valence-electron chi connectivity index (χ3n) is 4.45. The van der Waals surface area contributed by atoms with Crippen molar-refractivity contribution in [2.75, 3.05) is 13.7 Å². The lowest BCUT2D eigenvalue weighted by atomic mass is 10.2. The first-order valence-electron chi connectivity index (χ1n) is 9.81. The normalized spacial score (nSPS) is 17.0. The lowest BCUT2D eigenvalue weighted by Crippen LogP contribution is -2.26. The minimum absolute atomic E-state index is 0.169. The fraction of sp³-hybridized carbons (Fsp3) is 0.217. The molecule has 1 aliphatic rings. The number of likely N-dealkylation sites (N-methyl/N-ethyl adjacent to an activating group) is 1. The third kappa shape index (κ3) is 5.55. The second kappa shape index (κ2) is 10.1. The van der Waals surface area contributed by atoms with Crippen molar-refractivity contribution in [1.29, 1.82) is 0 Å². The molecule has 0 bridgehead atoms. The van der Waals surface area contributed by atoms with Crippen molar-refractivity contribution in [3.8, 4) is 5.75 Å². The van der Waals surface area contributed by atoms with Gasteiger partial charge in [-0.1, -0.05) is 12.1 Å². The number of esters is 1. The van der Waals surface area contributed by atoms with Gasteiger partial charge >= 0.3 is 11.9 Å². The van der Waals surface area contributed by atoms with Crippen LogP contribution in [-0.2, 0) is 14.3 Å². The van der Waals surface area contributed by atoms with Gasteiger partial charge in [0.2, 0.25) is 0 Å². The van der Waals surface area contributed by atoms with E-state index in [1.807, 2.05) is 0 Å². The predicted molar refractivity (Wildman–Crippen MR) is 122 cm³/mol. The van der Waals surface area contributed by atoms with Crippen LogP contribution in [0.4, 0.5) is 5.69 Å². The minimum atomic E-state index is -1.01. The van der Waals surface area contributed by atoms with Gasteiger partial charge < -0.3 is 14.6 Å². The summed E-state index contributed by atoms with van der Waals surface area (Å²) >= 11 is 1.23. The molecule has 1 aliphatic heterocycles. The molecule has 2 aromatic rings. The summed E-state index contributed by atoms with van der Waals surface area (Å²) in [5.41, 5.74) is 1.51. The number of aromatic carboxylic acids is 1. The van der Waals surface area contributed by atoms with Gasteiger partial charge in [0.1, 0.15) is 5.75 Å². The minimum Gasteiger partial charge on any atom is -0.479 e. The summed E-state index contributed by atoms with van der Waals surface area (Å²) in [7, 11) is 1.63. The number of hydrogen-bond acceptors (Lipinski definition) is 7. The Morgan fingerprint density at radius 3 is 2.41 bits per heavy atom. The molecule has 0 aliphatic carbocycles. The molecule has 1 N–H and O–H groups in total. The van der Waals surface area contributed by atoms with Gasteiger partial charge in [-0.2, -0.15) is 0 Å². The predicted octanol–water partition coefficient (Wildman–Crippen LogP) is 3.95. The van der Waals surface area contributed by atoms with Gasteiger partial charge in [0.15, 0.2) is 11.3 Å². The molecule has 1 fully saturated rings. The van der Waals surface area contributed by atoms with E-state index in [9.17, 15) is 14.4 Å². The molecule has 1 amide bonds. The molecule has 0 radical (unpaired) electrons. The van der Waals surface area contributed by atoms with Crippen molar-refractivity contribution in [3.63, 3.8) is 0 Å². The molecule has 3 rings (SSSR count). The van der Waals surface area contributed by atoms with Gasteiger partial charge in [0.05, 0.1) is 22.8 Å². The van der Waals surface area contributed by atoms with Crippen molar-refractivity contribution >= 4 is 46.5 Å². The fourth-order valence-corrected chi connectivity index (χ4v) is 3.73. The number of rotatable bonds is 7. The maximum absolute atomic E-state index is 12.6. The van der Waals surface area contributed by atoms with Crippen molar-refractivity contribution in [3.05, 3.63) is 64.6 Å². The second-order valence-corrected chi connectivity index (χ2v) is 7.81. The molecule has 0 saturated carbocycles. The first-order chi connectivity index (χ1) is 15.3. The Bertz CT molecular complexity index is 1080. The molecule has 0 unspecified atom stereocenters. The van der Waals surface area contributed by atoms with Gasteiger partial charge in [-0.15, -0.1) is 0 Å². The van der Waals surface area contributed by atoms with Gasteiger partial charge in [0.25, 0.3) is 5.91 Å². The topological polar surface area (TPSA) is 106 Å². The van der Waals surface area contributed by atoms with Crippen LogP contribution in [0.2, 0.25) is 0 Å². The lowest BCUT2D eigenvalue weighted by Gasteiger charge is -2.13. The molecule has 2 aromatic carbocycles. The number of carbonyl (C=O) groups excluding carboxylic acids is 2. The van der Waals surface area contributed by atoms with Crippen LogP contribution in [0.1, 0.15) is 29.8 Å². The van der Waals surface area contributed by atoms with E-state index >= 15 is 0 Å². The zero-order chi connectivity index (χ0) is 23.3. The Kier molecular flexibility index (Phi) is 7.32. The first kappa shape index (κ1) is 23.1. The van der Waals surface area contributed by atoms with Crippen LogP contribution in [0.15, 0.2) is 58.4 Å². The molecule has 8 nitrogen and oxygen atoms in total. The fourth-order valence-electron chi connectivity index (χ4n) is 2.75. The van der Waals surface area contributed by atoms with Crippen LogP contribution in [0.3, 0.4) is 0 Å². The van der Waals surface area contributed by atoms with Crippen LogP contribution in [0, 0.1) is 0 Å². The average Bonchev–Trinajstić information content (AvgIpc) is 3.03. The number of aliphatic imine (C=N–C) groups is 1. The Balaban J connectivity index is 1.71. The van der Waals surface area contributed by atoms with E-state index in [4.69, 9.17) is 14.6 Å². The van der Waals surface area contributed by atoms with Gasteiger partial charge in [-0.3, -0.25) is 9.69 Å². The van der Waals surface area contributed by atoms with Crippen molar-refractivity contribution in [1.82, 2.24) is 4.90 Å². The van der Waals surface area contributed by atoms with Crippen LogP contribution in [0.5, 0.6) is 5.75 Å². The summed E-state index contributed by atoms with van der Waals surface area (Å²) in [4.78, 5) is 41.6. The number of hydrogen-bond donors (Lipinski definition) is 1. The number of benzene rings is 2. The summed E-state index contributed by atoms with van der Waals surface area (Å²) in [5, 5.41) is 9.48. The van der Waals surface area contributed by atoms with Crippen LogP contribution in [-0.4, -0.2) is 52.8 Å². The molecule has 1 heterocycles. The second-order valence-electron chi connectivity index (χ2n) is 6.80. The van der Waals surface area contributed by atoms with Crippen LogP contribution < -0.4 is 4.74 Å². The van der Waals surface area contributed by atoms with Gasteiger partial charge in [-0.05, 0) is 73.6 Å². The molecular formula is C23H22N2O6S. The Hall–Kier alpha value is -3.59. The summed E-state index contributed by atoms with van der Waals surface area (Å²) in [5.74, 6) is -1.11. The molecule has 0 aromatic heterocycles. The number of ether oxygens (including phenoxy) is 2. The highest BCUT2D eigenvalue weighted by Gasteiger charge is 2.30. The highest BCUT2D eigenvalue weighted by atomic mass is 32.2. The smallest absolute Gasteiger partial charge is 0.347 e. The SMILES string of the molecule is CCOC(=O)[C@H](C)Oc1ccc(/C=C2/SC(=Nc3ccc(C(=O)O)cc3)N(C)C2=O)cc1. The lowest BCUT2D eigenvalue weighted by molar-refractivity contribution is -0.150. The molecule has 0 spiro atoms. The molecule has 1 atom stereocenters. The van der Waals surface area contributed by atoms with E-state index in [2.05, 4.69) is 4.99 Å². The van der Waals surface area contributed by atoms with E-state index in [1.54, 1.807) is 63.4 Å². The number of amidine groups is 1. The average molecular weight is 455 g/mol. The van der Waals surface area contributed by atoms with Crippen molar-refractivity contribution in [2.24, 2.45) is 4.99 Å². The number of nitrogens with zero attached hydrogens (tertiary/aromatic N) is 2. The summed E-state index contributed by atoms with van der Waals surface area (Å²) < 4.78 is 10.5. The highest BCUT2D eigenvalue weighted by Crippen LogP contribution is 2.33. The van der Waals surface area contributed by atoms with Crippen molar-refractivity contribution in [2.45, 2.75) is 20.0 Å². The van der Waals surface area contributed by atoms with Crippen LogP contribution >= 0.6 is 11.8 Å².